The van der Waals surface area contributed by atoms with E-state index in [0.717, 1.165) is 24.1 Å². The highest BCUT2D eigenvalue weighted by Crippen LogP contribution is 2.39. The summed E-state index contributed by atoms with van der Waals surface area (Å²) in [5.41, 5.74) is 1.87. The highest BCUT2D eigenvalue weighted by molar-refractivity contribution is 5.92. The number of methoxy groups -OCH3 is 2. The minimum absolute atomic E-state index is 0.0804. The molecular weight excluding hydrogens is 394 g/mol. The van der Waals surface area contributed by atoms with Crippen LogP contribution in [0.5, 0.6) is 11.5 Å². The first-order valence-electron chi connectivity index (χ1n) is 10.2. The number of hydrogen-bond acceptors (Lipinski definition) is 5. The third-order valence-corrected chi connectivity index (χ3v) is 5.62. The molecule has 4 rings (SSSR count). The summed E-state index contributed by atoms with van der Waals surface area (Å²) in [7, 11) is 3.21. The van der Waals surface area contributed by atoms with Crippen LogP contribution in [0.15, 0.2) is 59.4 Å². The maximum absolute atomic E-state index is 13.5. The van der Waals surface area contributed by atoms with Crippen molar-refractivity contribution in [3.63, 3.8) is 0 Å². The zero-order valence-corrected chi connectivity index (χ0v) is 17.9. The lowest BCUT2D eigenvalue weighted by Crippen LogP contribution is -2.36. The second kappa shape index (κ2) is 8.63. The number of aromatic nitrogens is 2. The number of para-hydroxylation sites is 1. The van der Waals surface area contributed by atoms with E-state index in [9.17, 15) is 9.59 Å². The molecule has 1 aliphatic rings. The first kappa shape index (κ1) is 20.7. The van der Waals surface area contributed by atoms with Crippen LogP contribution in [0.2, 0.25) is 0 Å². The van der Waals surface area contributed by atoms with Crippen molar-refractivity contribution in [3.05, 3.63) is 81.8 Å². The maximum Gasteiger partial charge on any atom is 0.278 e. The SMILES string of the molecule is COc1ccc(OC)c([C@H]2CCCN2C(=O)c2nn(-c3ccccc3)c(C)cc2=O)c1. The molecule has 0 spiro atoms. The standard InChI is InChI=1S/C24H25N3O4/c1-16-14-21(28)23(25-27(16)17-8-5-4-6-9-17)24(29)26-13-7-10-20(26)19-15-18(30-2)11-12-22(19)31-3/h4-6,8-9,11-12,14-15,20H,7,10,13H2,1-3H3/t20-/m1/s1. The summed E-state index contributed by atoms with van der Waals surface area (Å²) >= 11 is 0. The molecule has 3 aromatic rings. The summed E-state index contributed by atoms with van der Waals surface area (Å²) in [6.45, 7) is 2.35. The number of nitrogens with zero attached hydrogens (tertiary/aromatic N) is 3. The van der Waals surface area contributed by atoms with Gasteiger partial charge in [-0.25, -0.2) is 4.68 Å². The van der Waals surface area contributed by atoms with Crippen molar-refractivity contribution in [2.24, 2.45) is 0 Å². The smallest absolute Gasteiger partial charge is 0.278 e. The summed E-state index contributed by atoms with van der Waals surface area (Å²) in [6, 6.07) is 16.3. The third kappa shape index (κ3) is 3.91. The van der Waals surface area contributed by atoms with Gasteiger partial charge in [0.05, 0.1) is 25.9 Å². The molecule has 0 aliphatic carbocycles. The van der Waals surface area contributed by atoms with Crippen LogP contribution in [0.1, 0.15) is 40.6 Å². The number of likely N-dealkylation sites (tertiary alicyclic amines) is 1. The summed E-state index contributed by atoms with van der Waals surface area (Å²) in [5, 5.41) is 4.45. The number of amides is 1. The van der Waals surface area contributed by atoms with Crippen molar-refractivity contribution in [1.82, 2.24) is 14.7 Å². The molecule has 1 aliphatic heterocycles. The van der Waals surface area contributed by atoms with Gasteiger partial charge in [-0.15, -0.1) is 0 Å². The van der Waals surface area contributed by atoms with Crippen LogP contribution in [0.3, 0.4) is 0 Å². The number of rotatable bonds is 5. The van der Waals surface area contributed by atoms with E-state index in [4.69, 9.17) is 9.47 Å². The monoisotopic (exact) mass is 419 g/mol. The molecule has 1 saturated heterocycles. The van der Waals surface area contributed by atoms with Gasteiger partial charge in [0, 0.05) is 23.9 Å². The summed E-state index contributed by atoms with van der Waals surface area (Å²) in [5.74, 6) is 1.00. The van der Waals surface area contributed by atoms with Gasteiger partial charge in [0.25, 0.3) is 5.91 Å². The molecule has 0 radical (unpaired) electrons. The first-order valence-corrected chi connectivity index (χ1v) is 10.2. The molecule has 7 heteroatoms. The van der Waals surface area contributed by atoms with E-state index in [1.54, 1.807) is 30.7 Å². The molecule has 2 heterocycles. The van der Waals surface area contributed by atoms with Gasteiger partial charge in [-0.05, 0) is 50.1 Å². The molecule has 1 atom stereocenters. The third-order valence-electron chi connectivity index (χ3n) is 5.62. The number of hydrogen-bond donors (Lipinski definition) is 0. The van der Waals surface area contributed by atoms with Crippen LogP contribution in [-0.2, 0) is 0 Å². The Balaban J connectivity index is 1.74. The Labute approximate surface area is 180 Å². The van der Waals surface area contributed by atoms with Crippen molar-refractivity contribution >= 4 is 5.91 Å². The van der Waals surface area contributed by atoms with E-state index in [-0.39, 0.29) is 23.1 Å². The summed E-state index contributed by atoms with van der Waals surface area (Å²) in [4.78, 5) is 27.9. The predicted molar refractivity (Wildman–Crippen MR) is 117 cm³/mol. The molecule has 1 fully saturated rings. The average Bonchev–Trinajstić information content (AvgIpc) is 3.28. The van der Waals surface area contributed by atoms with Gasteiger partial charge in [0.2, 0.25) is 5.43 Å². The molecule has 1 aromatic heterocycles. The topological polar surface area (TPSA) is 73.7 Å². The van der Waals surface area contributed by atoms with E-state index in [1.807, 2.05) is 48.5 Å². The molecule has 1 amide bonds. The average molecular weight is 419 g/mol. The van der Waals surface area contributed by atoms with Crippen LogP contribution in [0, 0.1) is 6.92 Å². The molecule has 160 valence electrons. The van der Waals surface area contributed by atoms with E-state index < -0.39 is 0 Å². The van der Waals surface area contributed by atoms with Crippen LogP contribution in [0.25, 0.3) is 5.69 Å². The van der Waals surface area contributed by atoms with Crippen molar-refractivity contribution in [2.75, 3.05) is 20.8 Å². The largest absolute Gasteiger partial charge is 0.497 e. The Morgan fingerprint density at radius 1 is 1.06 bits per heavy atom. The molecule has 7 nitrogen and oxygen atoms in total. The number of carbonyl (C=O) groups is 1. The van der Waals surface area contributed by atoms with Crippen molar-refractivity contribution in [3.8, 4) is 17.2 Å². The van der Waals surface area contributed by atoms with E-state index in [1.165, 1.54) is 6.07 Å². The predicted octanol–water partition coefficient (Wildman–Crippen LogP) is 3.54. The molecule has 2 aromatic carbocycles. The van der Waals surface area contributed by atoms with E-state index in [0.29, 0.717) is 23.7 Å². The van der Waals surface area contributed by atoms with Gasteiger partial charge in [-0.2, -0.15) is 5.10 Å². The minimum atomic E-state index is -0.377. The lowest BCUT2D eigenvalue weighted by Gasteiger charge is -2.26. The van der Waals surface area contributed by atoms with Gasteiger partial charge in [-0.1, -0.05) is 18.2 Å². The maximum atomic E-state index is 13.5. The molecule has 0 N–H and O–H groups in total. The van der Waals surface area contributed by atoms with Crippen molar-refractivity contribution < 1.29 is 14.3 Å². The second-order valence-corrected chi connectivity index (χ2v) is 7.51. The fourth-order valence-electron chi connectivity index (χ4n) is 4.10. The number of carbonyl (C=O) groups excluding carboxylic acids is 1. The summed E-state index contributed by atoms with van der Waals surface area (Å²) in [6.07, 6.45) is 1.60. The van der Waals surface area contributed by atoms with Crippen molar-refractivity contribution in [2.45, 2.75) is 25.8 Å². The van der Waals surface area contributed by atoms with E-state index >= 15 is 0 Å². The quantitative estimate of drug-likeness (QED) is 0.633. The Morgan fingerprint density at radius 3 is 2.55 bits per heavy atom. The summed E-state index contributed by atoms with van der Waals surface area (Å²) < 4.78 is 12.5. The van der Waals surface area contributed by atoms with Gasteiger partial charge >= 0.3 is 0 Å². The van der Waals surface area contributed by atoms with Crippen molar-refractivity contribution in [1.29, 1.82) is 0 Å². The zero-order chi connectivity index (χ0) is 22.0. The molecule has 0 unspecified atom stereocenters. The fourth-order valence-corrected chi connectivity index (χ4v) is 4.10. The first-order chi connectivity index (χ1) is 15.0. The highest BCUT2D eigenvalue weighted by atomic mass is 16.5. The molecule has 31 heavy (non-hydrogen) atoms. The lowest BCUT2D eigenvalue weighted by molar-refractivity contribution is 0.0724. The Kier molecular flexibility index (Phi) is 5.75. The molecule has 0 bridgehead atoms. The van der Waals surface area contributed by atoms with Gasteiger partial charge in [0.15, 0.2) is 5.69 Å². The number of ether oxygens (including phenoxy) is 2. The van der Waals surface area contributed by atoms with Crippen LogP contribution in [-0.4, -0.2) is 41.4 Å². The lowest BCUT2D eigenvalue weighted by atomic mass is 10.0. The van der Waals surface area contributed by atoms with Gasteiger partial charge in [-0.3, -0.25) is 9.59 Å². The minimum Gasteiger partial charge on any atom is -0.497 e. The second-order valence-electron chi connectivity index (χ2n) is 7.51. The number of aryl methyl sites for hydroxylation is 1. The Morgan fingerprint density at radius 2 is 1.84 bits per heavy atom. The zero-order valence-electron chi connectivity index (χ0n) is 17.9. The highest BCUT2D eigenvalue weighted by Gasteiger charge is 2.34. The molecule has 0 saturated carbocycles. The van der Waals surface area contributed by atoms with Crippen LogP contribution >= 0.6 is 0 Å². The van der Waals surface area contributed by atoms with Crippen LogP contribution in [0.4, 0.5) is 0 Å². The van der Waals surface area contributed by atoms with E-state index in [2.05, 4.69) is 5.10 Å². The number of benzene rings is 2. The Hall–Kier alpha value is -3.61. The van der Waals surface area contributed by atoms with Gasteiger partial charge in [0.1, 0.15) is 11.5 Å². The normalized spacial score (nSPS) is 15.7. The molecular formula is C24H25N3O4. The van der Waals surface area contributed by atoms with Gasteiger partial charge < -0.3 is 14.4 Å². The van der Waals surface area contributed by atoms with Crippen LogP contribution < -0.4 is 14.9 Å². The fraction of sp³-hybridized carbons (Fsp3) is 0.292. The Bertz CT molecular complexity index is 1160.